The van der Waals surface area contributed by atoms with Crippen molar-refractivity contribution in [3.05, 3.63) is 53.6 Å². The normalized spacial score (nSPS) is 18.9. The standard InChI is InChI=1S/C18H18ClN3O4/c1-25-13-8-5-11(9-14(13)26-2)16-15(19)18(24)22(16)21-17(23)10-3-6-12(20)7-4-10/h3-9,15-16H,20H2,1-2H3,(H,21,23). The average Bonchev–Trinajstić information content (AvgIpc) is 2.67. The van der Waals surface area contributed by atoms with E-state index in [9.17, 15) is 9.59 Å². The van der Waals surface area contributed by atoms with Gasteiger partial charge in [0.1, 0.15) is 11.4 Å². The first kappa shape index (κ1) is 17.9. The van der Waals surface area contributed by atoms with Gasteiger partial charge in [-0.1, -0.05) is 6.07 Å². The van der Waals surface area contributed by atoms with Crippen LogP contribution in [0.25, 0.3) is 0 Å². The van der Waals surface area contributed by atoms with Crippen LogP contribution in [-0.4, -0.2) is 36.4 Å². The molecule has 0 saturated carbocycles. The number of carbonyl (C=O) groups excluding carboxylic acids is 2. The molecular weight excluding hydrogens is 358 g/mol. The van der Waals surface area contributed by atoms with Crippen molar-refractivity contribution < 1.29 is 19.1 Å². The lowest BCUT2D eigenvalue weighted by molar-refractivity contribution is -0.149. The monoisotopic (exact) mass is 375 g/mol. The van der Waals surface area contributed by atoms with Gasteiger partial charge in [0.15, 0.2) is 11.5 Å². The molecule has 2 atom stereocenters. The highest BCUT2D eigenvalue weighted by atomic mass is 35.5. The van der Waals surface area contributed by atoms with E-state index < -0.39 is 17.3 Å². The van der Waals surface area contributed by atoms with E-state index in [0.717, 1.165) is 5.56 Å². The Morgan fingerprint density at radius 3 is 2.38 bits per heavy atom. The first-order valence-electron chi connectivity index (χ1n) is 7.82. The predicted molar refractivity (Wildman–Crippen MR) is 97.1 cm³/mol. The Morgan fingerprint density at radius 1 is 1.12 bits per heavy atom. The topological polar surface area (TPSA) is 93.9 Å². The predicted octanol–water partition coefficient (Wildman–Crippen LogP) is 2.12. The lowest BCUT2D eigenvalue weighted by Gasteiger charge is -2.44. The van der Waals surface area contributed by atoms with Crippen molar-refractivity contribution in [1.29, 1.82) is 0 Å². The number of carbonyl (C=O) groups is 2. The van der Waals surface area contributed by atoms with Crippen LogP contribution in [0.5, 0.6) is 11.5 Å². The van der Waals surface area contributed by atoms with Crippen LogP contribution >= 0.6 is 11.6 Å². The maximum absolute atomic E-state index is 12.4. The molecule has 3 rings (SSSR count). The fraction of sp³-hybridized carbons (Fsp3) is 0.222. The van der Waals surface area contributed by atoms with Crippen LogP contribution < -0.4 is 20.6 Å². The van der Waals surface area contributed by atoms with Gasteiger partial charge in [-0.15, -0.1) is 11.6 Å². The van der Waals surface area contributed by atoms with Gasteiger partial charge in [-0.25, -0.2) is 5.01 Å². The molecule has 1 fully saturated rings. The minimum absolute atomic E-state index is 0.379. The lowest BCUT2D eigenvalue weighted by Crippen LogP contribution is -2.63. The summed E-state index contributed by atoms with van der Waals surface area (Å²) in [4.78, 5) is 24.5. The Morgan fingerprint density at radius 2 is 1.77 bits per heavy atom. The summed E-state index contributed by atoms with van der Waals surface area (Å²) in [6.45, 7) is 0. The zero-order chi connectivity index (χ0) is 18.8. The van der Waals surface area contributed by atoms with E-state index in [-0.39, 0.29) is 5.91 Å². The number of ether oxygens (including phenoxy) is 2. The molecule has 8 heteroatoms. The van der Waals surface area contributed by atoms with Crippen molar-refractivity contribution in [3.63, 3.8) is 0 Å². The minimum atomic E-state index is -0.778. The number of amides is 2. The largest absolute Gasteiger partial charge is 0.493 e. The van der Waals surface area contributed by atoms with Gasteiger partial charge in [0.2, 0.25) is 0 Å². The van der Waals surface area contributed by atoms with Gasteiger partial charge in [0, 0.05) is 11.3 Å². The van der Waals surface area contributed by atoms with Crippen molar-refractivity contribution >= 4 is 29.1 Å². The molecule has 0 bridgehead atoms. The number of nitrogens with zero attached hydrogens (tertiary/aromatic N) is 1. The number of hydrazine groups is 1. The molecule has 136 valence electrons. The molecule has 7 nitrogen and oxygen atoms in total. The molecular formula is C18H18ClN3O4. The van der Waals surface area contributed by atoms with Gasteiger partial charge >= 0.3 is 0 Å². The zero-order valence-electron chi connectivity index (χ0n) is 14.2. The molecule has 1 aliphatic rings. The molecule has 1 saturated heterocycles. The maximum Gasteiger partial charge on any atom is 0.269 e. The smallest absolute Gasteiger partial charge is 0.269 e. The number of alkyl halides is 1. The van der Waals surface area contributed by atoms with Crippen molar-refractivity contribution in [2.45, 2.75) is 11.4 Å². The van der Waals surface area contributed by atoms with Crippen LogP contribution in [0.15, 0.2) is 42.5 Å². The fourth-order valence-electron chi connectivity index (χ4n) is 2.74. The lowest BCUT2D eigenvalue weighted by atomic mass is 9.95. The van der Waals surface area contributed by atoms with Crippen LogP contribution in [0.2, 0.25) is 0 Å². The van der Waals surface area contributed by atoms with Gasteiger partial charge in [-0.05, 0) is 42.0 Å². The van der Waals surface area contributed by atoms with E-state index >= 15 is 0 Å². The van der Waals surface area contributed by atoms with Crippen LogP contribution in [0.3, 0.4) is 0 Å². The number of benzene rings is 2. The quantitative estimate of drug-likeness (QED) is 0.474. The van der Waals surface area contributed by atoms with Crippen LogP contribution in [0, 0.1) is 0 Å². The number of rotatable bonds is 5. The summed E-state index contributed by atoms with van der Waals surface area (Å²) in [5.41, 5.74) is 9.87. The first-order valence-corrected chi connectivity index (χ1v) is 8.25. The average molecular weight is 376 g/mol. The number of nitrogen functional groups attached to an aromatic ring is 1. The molecule has 26 heavy (non-hydrogen) atoms. The number of β-lactam (4-membered cyclic amide) rings is 1. The molecule has 3 N–H and O–H groups in total. The summed E-state index contributed by atoms with van der Waals surface area (Å²) < 4.78 is 10.5. The molecule has 2 aromatic rings. The maximum atomic E-state index is 12.4. The Hall–Kier alpha value is -2.93. The highest BCUT2D eigenvalue weighted by Crippen LogP contribution is 2.40. The van der Waals surface area contributed by atoms with Crippen molar-refractivity contribution in [1.82, 2.24) is 10.4 Å². The SMILES string of the molecule is COc1ccc(C2C(Cl)C(=O)N2NC(=O)c2ccc(N)cc2)cc1OC. The van der Waals surface area contributed by atoms with Gasteiger partial charge in [0.25, 0.3) is 11.8 Å². The second-order valence-corrected chi connectivity index (χ2v) is 6.20. The van der Waals surface area contributed by atoms with E-state index in [0.29, 0.717) is 22.7 Å². The van der Waals surface area contributed by atoms with Gasteiger partial charge in [-0.3, -0.25) is 15.0 Å². The van der Waals surface area contributed by atoms with Crippen molar-refractivity contribution in [2.24, 2.45) is 0 Å². The van der Waals surface area contributed by atoms with E-state index in [1.54, 1.807) is 42.5 Å². The highest BCUT2D eigenvalue weighted by molar-refractivity contribution is 6.33. The third kappa shape index (κ3) is 3.13. The fourth-order valence-corrected chi connectivity index (χ4v) is 3.10. The molecule has 1 heterocycles. The van der Waals surface area contributed by atoms with Crippen LogP contribution in [0.4, 0.5) is 5.69 Å². The number of hydrogen-bond donors (Lipinski definition) is 2. The number of nitrogens with two attached hydrogens (primary N) is 1. The van der Waals surface area contributed by atoms with Gasteiger partial charge < -0.3 is 15.2 Å². The minimum Gasteiger partial charge on any atom is -0.493 e. The van der Waals surface area contributed by atoms with Gasteiger partial charge in [-0.2, -0.15) is 0 Å². The third-order valence-corrected chi connectivity index (χ3v) is 4.60. The van der Waals surface area contributed by atoms with Crippen LogP contribution in [0.1, 0.15) is 22.0 Å². The third-order valence-electron chi connectivity index (χ3n) is 4.17. The number of hydrogen-bond acceptors (Lipinski definition) is 5. The molecule has 2 aromatic carbocycles. The number of methoxy groups -OCH3 is 2. The molecule has 0 spiro atoms. The van der Waals surface area contributed by atoms with E-state index in [1.807, 2.05) is 0 Å². The van der Waals surface area contributed by atoms with E-state index in [1.165, 1.54) is 19.2 Å². The molecule has 0 radical (unpaired) electrons. The molecule has 2 amide bonds. The van der Waals surface area contributed by atoms with E-state index in [2.05, 4.69) is 5.43 Å². The molecule has 0 aliphatic carbocycles. The summed E-state index contributed by atoms with van der Waals surface area (Å²) in [6.07, 6.45) is 0. The number of anilines is 1. The Balaban J connectivity index is 1.82. The highest BCUT2D eigenvalue weighted by Gasteiger charge is 2.48. The molecule has 0 aromatic heterocycles. The first-order chi connectivity index (χ1) is 12.5. The molecule has 1 aliphatic heterocycles. The summed E-state index contributed by atoms with van der Waals surface area (Å²) in [7, 11) is 3.06. The Bertz CT molecular complexity index is 841. The second kappa shape index (κ2) is 7.13. The van der Waals surface area contributed by atoms with Crippen LogP contribution in [-0.2, 0) is 4.79 Å². The summed E-state index contributed by atoms with van der Waals surface area (Å²) in [5, 5.41) is 0.442. The Labute approximate surface area is 155 Å². The van der Waals surface area contributed by atoms with E-state index in [4.69, 9.17) is 26.8 Å². The summed E-state index contributed by atoms with van der Waals surface area (Å²) in [5.74, 6) is 0.270. The summed E-state index contributed by atoms with van der Waals surface area (Å²) in [6, 6.07) is 11.1. The summed E-state index contributed by atoms with van der Waals surface area (Å²) >= 11 is 6.18. The number of nitrogens with one attached hydrogen (secondary N) is 1. The number of halogens is 1. The van der Waals surface area contributed by atoms with Crippen molar-refractivity contribution in [3.8, 4) is 11.5 Å². The second-order valence-electron chi connectivity index (χ2n) is 5.73. The Kier molecular flexibility index (Phi) is 4.90. The zero-order valence-corrected chi connectivity index (χ0v) is 15.0. The van der Waals surface area contributed by atoms with Crippen molar-refractivity contribution in [2.75, 3.05) is 20.0 Å². The molecule has 2 unspecified atom stereocenters. The van der Waals surface area contributed by atoms with Gasteiger partial charge in [0.05, 0.1) is 14.2 Å².